The number of unbranched alkanes of at least 4 members (excludes halogenated alkanes) is 1. The molecule has 0 spiro atoms. The summed E-state index contributed by atoms with van der Waals surface area (Å²) in [7, 11) is 0. The molecule has 0 fully saturated rings. The van der Waals surface area contributed by atoms with Gasteiger partial charge in [0.05, 0.1) is 0 Å². The average molecular weight is 176 g/mol. The second-order valence-corrected chi connectivity index (χ2v) is 4.48. The predicted molar refractivity (Wildman–Crippen MR) is 43.4 cm³/mol. The van der Waals surface area contributed by atoms with Gasteiger partial charge in [-0.05, 0) is 0 Å². The molecular formula is C4H12Cl2NP. The van der Waals surface area contributed by atoms with Crippen LogP contribution < -0.4 is 5.50 Å². The Labute approximate surface area is 61.9 Å². The molecule has 0 aliphatic heterocycles. The van der Waals surface area contributed by atoms with Crippen molar-refractivity contribution in [3.8, 4) is 0 Å². The van der Waals surface area contributed by atoms with Crippen molar-refractivity contribution >= 4 is 29.3 Å². The second kappa shape index (κ2) is 10.9. The summed E-state index contributed by atoms with van der Waals surface area (Å²) < 4.78 is 0. The van der Waals surface area contributed by atoms with E-state index in [4.69, 9.17) is 28.0 Å². The van der Waals surface area contributed by atoms with E-state index in [1.165, 1.54) is 12.8 Å². The quantitative estimate of drug-likeness (QED) is 0.608. The summed E-state index contributed by atoms with van der Waals surface area (Å²) in [6.45, 7) is 3.19. The molecule has 0 heterocycles. The van der Waals surface area contributed by atoms with E-state index < -0.39 is 6.78 Å². The van der Waals surface area contributed by atoms with Gasteiger partial charge in [-0.15, -0.1) is 0 Å². The highest BCUT2D eigenvalue weighted by Crippen LogP contribution is 2.36. The Balaban J connectivity index is 0. The first-order chi connectivity index (χ1) is 3.65. The molecule has 0 aliphatic rings. The van der Waals surface area contributed by atoms with Crippen molar-refractivity contribution in [2.75, 3.05) is 0 Å². The molecule has 4 heteroatoms. The SMILES string of the molecule is CCCC.NP(Cl)Cl. The van der Waals surface area contributed by atoms with Crippen LogP contribution in [0.2, 0.25) is 0 Å². The summed E-state index contributed by atoms with van der Waals surface area (Å²) >= 11 is 9.77. The largest absolute Gasteiger partial charge is 0.285 e. The average Bonchev–Trinajstić information content (AvgIpc) is 1.65. The number of nitrogens with two attached hydrogens (primary N) is 1. The van der Waals surface area contributed by atoms with Crippen molar-refractivity contribution < 1.29 is 0 Å². The lowest BCUT2D eigenvalue weighted by Gasteiger charge is -1.73. The minimum atomic E-state index is -1.18. The second-order valence-electron chi connectivity index (χ2n) is 1.26. The van der Waals surface area contributed by atoms with Gasteiger partial charge in [-0.2, -0.15) is 0 Å². The summed E-state index contributed by atoms with van der Waals surface area (Å²) in [5.41, 5.74) is 4.71. The first-order valence-electron chi connectivity index (χ1n) is 2.51. The number of rotatable bonds is 1. The molecule has 0 bridgehead atoms. The fourth-order valence-electron chi connectivity index (χ4n) is 0. The molecule has 8 heavy (non-hydrogen) atoms. The highest BCUT2D eigenvalue weighted by molar-refractivity contribution is 8.02. The van der Waals surface area contributed by atoms with Gasteiger partial charge in [0.1, 0.15) is 0 Å². The summed E-state index contributed by atoms with van der Waals surface area (Å²) in [6, 6.07) is 0. The zero-order valence-corrected chi connectivity index (χ0v) is 7.60. The number of hydrogen-bond donors (Lipinski definition) is 1. The molecule has 0 atom stereocenters. The van der Waals surface area contributed by atoms with Gasteiger partial charge >= 0.3 is 0 Å². The zero-order valence-electron chi connectivity index (χ0n) is 5.19. The van der Waals surface area contributed by atoms with Gasteiger partial charge in [-0.25, -0.2) is 0 Å². The van der Waals surface area contributed by atoms with Gasteiger partial charge in [0, 0.05) is 0 Å². The summed E-state index contributed by atoms with van der Waals surface area (Å²) in [4.78, 5) is 0. The predicted octanol–water partition coefficient (Wildman–Crippen LogP) is 3.46. The maximum atomic E-state index is 4.88. The Kier molecular flexibility index (Phi) is 15.9. The van der Waals surface area contributed by atoms with Crippen molar-refractivity contribution in [2.45, 2.75) is 26.7 Å². The van der Waals surface area contributed by atoms with Crippen molar-refractivity contribution in [1.82, 2.24) is 0 Å². The summed E-state index contributed by atoms with van der Waals surface area (Å²) in [6.07, 6.45) is 2.64. The molecule has 0 rings (SSSR count). The van der Waals surface area contributed by atoms with Gasteiger partial charge in [0.15, 0.2) is 6.78 Å². The third kappa shape index (κ3) is 64.0. The maximum absolute atomic E-state index is 4.88. The highest BCUT2D eigenvalue weighted by Gasteiger charge is 1.75. The molecule has 0 amide bonds. The maximum Gasteiger partial charge on any atom is 0.154 e. The van der Waals surface area contributed by atoms with Gasteiger partial charge in [0.25, 0.3) is 0 Å². The smallest absolute Gasteiger partial charge is 0.154 e. The van der Waals surface area contributed by atoms with Crippen LogP contribution in [0.1, 0.15) is 26.7 Å². The van der Waals surface area contributed by atoms with Crippen LogP contribution in [0.15, 0.2) is 0 Å². The van der Waals surface area contributed by atoms with Gasteiger partial charge in [-0.1, -0.05) is 49.2 Å². The molecule has 0 saturated heterocycles. The Morgan fingerprint density at radius 3 is 1.38 bits per heavy atom. The summed E-state index contributed by atoms with van der Waals surface area (Å²) in [5.74, 6) is 0. The van der Waals surface area contributed by atoms with Crippen molar-refractivity contribution in [3.05, 3.63) is 0 Å². The Hall–Kier alpha value is 0.970. The molecule has 0 saturated carbocycles. The van der Waals surface area contributed by atoms with E-state index in [1.54, 1.807) is 0 Å². The standard InChI is InChI=1S/C4H10.Cl2H2NP/c1-3-4-2;1-4(2)3/h3-4H2,1-2H3;3H2. The first kappa shape index (κ1) is 11.7. The first-order valence-corrected chi connectivity index (χ1v) is 5.73. The van der Waals surface area contributed by atoms with E-state index >= 15 is 0 Å². The van der Waals surface area contributed by atoms with Gasteiger partial charge < -0.3 is 0 Å². The highest BCUT2D eigenvalue weighted by atomic mass is 35.9. The van der Waals surface area contributed by atoms with Crippen LogP contribution in [0.3, 0.4) is 0 Å². The van der Waals surface area contributed by atoms with Crippen LogP contribution in [0.5, 0.6) is 0 Å². The van der Waals surface area contributed by atoms with Crippen LogP contribution in [0.4, 0.5) is 0 Å². The van der Waals surface area contributed by atoms with Crippen LogP contribution >= 0.6 is 29.3 Å². The lowest BCUT2D eigenvalue weighted by atomic mass is 10.4. The van der Waals surface area contributed by atoms with Gasteiger partial charge in [-0.3, -0.25) is 5.50 Å². The third-order valence-electron chi connectivity index (χ3n) is 0.500. The lowest BCUT2D eigenvalue weighted by Crippen LogP contribution is -1.63. The Morgan fingerprint density at radius 1 is 1.25 bits per heavy atom. The number of halogens is 2. The molecule has 0 aromatic carbocycles. The molecule has 1 nitrogen and oxygen atoms in total. The molecule has 0 aromatic rings. The van der Waals surface area contributed by atoms with Crippen molar-refractivity contribution in [3.63, 3.8) is 0 Å². The normalized spacial score (nSPS) is 8.25. The summed E-state index contributed by atoms with van der Waals surface area (Å²) in [5, 5.41) is 0. The Morgan fingerprint density at radius 2 is 1.38 bits per heavy atom. The Bertz CT molecular complexity index is 30.5. The molecule has 0 aromatic heterocycles. The lowest BCUT2D eigenvalue weighted by molar-refractivity contribution is 0.886. The third-order valence-corrected chi connectivity index (χ3v) is 0.500. The zero-order chi connectivity index (χ0) is 6.99. The fraction of sp³-hybridized carbons (Fsp3) is 1.00. The van der Waals surface area contributed by atoms with Crippen LogP contribution in [-0.2, 0) is 0 Å². The molecule has 0 unspecified atom stereocenters. The van der Waals surface area contributed by atoms with Crippen LogP contribution in [0, 0.1) is 0 Å². The van der Waals surface area contributed by atoms with E-state index in [0.29, 0.717) is 0 Å². The van der Waals surface area contributed by atoms with E-state index in [9.17, 15) is 0 Å². The van der Waals surface area contributed by atoms with Crippen LogP contribution in [0.25, 0.3) is 0 Å². The van der Waals surface area contributed by atoms with Crippen LogP contribution in [-0.4, -0.2) is 0 Å². The van der Waals surface area contributed by atoms with Crippen molar-refractivity contribution in [1.29, 1.82) is 0 Å². The molecule has 2 N–H and O–H groups in total. The molecule has 0 radical (unpaired) electrons. The van der Waals surface area contributed by atoms with E-state index in [2.05, 4.69) is 13.8 Å². The minimum absolute atomic E-state index is 1.18. The van der Waals surface area contributed by atoms with Gasteiger partial charge in [0.2, 0.25) is 0 Å². The fourth-order valence-corrected chi connectivity index (χ4v) is 0. The van der Waals surface area contributed by atoms with E-state index in [0.717, 1.165) is 0 Å². The molecular weight excluding hydrogens is 164 g/mol. The van der Waals surface area contributed by atoms with E-state index in [1.807, 2.05) is 0 Å². The van der Waals surface area contributed by atoms with E-state index in [-0.39, 0.29) is 0 Å². The topological polar surface area (TPSA) is 26.0 Å². The number of hydrogen-bond acceptors (Lipinski definition) is 1. The van der Waals surface area contributed by atoms with Crippen molar-refractivity contribution in [2.24, 2.45) is 5.50 Å². The monoisotopic (exact) mass is 175 g/mol. The minimum Gasteiger partial charge on any atom is -0.285 e. The molecule has 52 valence electrons. The molecule has 0 aliphatic carbocycles.